The zero-order valence-electron chi connectivity index (χ0n) is 6.48. The molecule has 0 radical (unpaired) electrons. The summed E-state index contributed by atoms with van der Waals surface area (Å²) in [5.41, 5.74) is 0.372. The highest BCUT2D eigenvalue weighted by Crippen LogP contribution is 2.30. The molecule has 0 amide bonds. The summed E-state index contributed by atoms with van der Waals surface area (Å²) in [6, 6.07) is 2.13. The van der Waals surface area contributed by atoms with E-state index in [0.717, 1.165) is 6.54 Å². The molecule has 1 N–H and O–H groups in total. The van der Waals surface area contributed by atoms with Gasteiger partial charge in [-0.25, -0.2) is 0 Å². The van der Waals surface area contributed by atoms with E-state index >= 15 is 0 Å². The fourth-order valence-electron chi connectivity index (χ4n) is 1.30. The van der Waals surface area contributed by atoms with Crippen LogP contribution in [-0.4, -0.2) is 12.1 Å². The van der Waals surface area contributed by atoms with Gasteiger partial charge >= 0.3 is 0 Å². The Balaban J connectivity index is 2.07. The molecule has 1 saturated carbocycles. The summed E-state index contributed by atoms with van der Waals surface area (Å²) in [5, 5.41) is 11.6. The van der Waals surface area contributed by atoms with Crippen molar-refractivity contribution in [2.45, 2.75) is 38.1 Å². The van der Waals surface area contributed by atoms with Crippen LogP contribution < -0.4 is 5.32 Å². The largest absolute Gasteiger partial charge is 0.310 e. The van der Waals surface area contributed by atoms with E-state index < -0.39 is 0 Å². The van der Waals surface area contributed by atoms with E-state index in [1.165, 1.54) is 19.3 Å². The second-order valence-electron chi connectivity index (χ2n) is 3.25. The number of hydrogen-bond donors (Lipinski definition) is 1. The first-order chi connectivity index (χ1) is 4.77. The summed E-state index contributed by atoms with van der Waals surface area (Å²) in [7, 11) is 0. The molecular weight excluding hydrogens is 124 g/mol. The van der Waals surface area contributed by atoms with Crippen LogP contribution in [0.4, 0.5) is 0 Å². The summed E-state index contributed by atoms with van der Waals surface area (Å²) < 4.78 is 0. The second-order valence-corrected chi connectivity index (χ2v) is 3.25. The molecule has 0 saturated heterocycles. The van der Waals surface area contributed by atoms with Crippen LogP contribution in [0.25, 0.3) is 0 Å². The molecule has 2 nitrogen and oxygen atoms in total. The molecule has 1 rings (SSSR count). The lowest BCUT2D eigenvalue weighted by Crippen LogP contribution is -2.48. The minimum atomic E-state index is 0.372. The van der Waals surface area contributed by atoms with Crippen LogP contribution in [0.2, 0.25) is 0 Å². The van der Waals surface area contributed by atoms with Gasteiger partial charge in [-0.2, -0.15) is 5.26 Å². The van der Waals surface area contributed by atoms with Gasteiger partial charge in [0.25, 0.3) is 0 Å². The molecule has 10 heavy (non-hydrogen) atoms. The normalized spacial score (nSPS) is 21.2. The number of nitrogens with one attached hydrogen (secondary N) is 1. The molecule has 0 bridgehead atoms. The summed E-state index contributed by atoms with van der Waals surface area (Å²) in [4.78, 5) is 0. The average Bonchev–Trinajstić information content (AvgIpc) is 1.85. The van der Waals surface area contributed by atoms with Crippen molar-refractivity contribution >= 4 is 0 Å². The van der Waals surface area contributed by atoms with Crippen molar-refractivity contribution in [3.8, 4) is 6.07 Å². The number of nitrogens with zero attached hydrogens (tertiary/aromatic N) is 1. The molecule has 0 aliphatic heterocycles. The Morgan fingerprint density at radius 1 is 1.60 bits per heavy atom. The predicted molar refractivity (Wildman–Crippen MR) is 40.5 cm³/mol. The number of hydrogen-bond acceptors (Lipinski definition) is 2. The van der Waals surface area contributed by atoms with Gasteiger partial charge in [0.2, 0.25) is 0 Å². The van der Waals surface area contributed by atoms with Crippen molar-refractivity contribution in [1.29, 1.82) is 5.26 Å². The van der Waals surface area contributed by atoms with Gasteiger partial charge in [0.1, 0.15) is 0 Å². The van der Waals surface area contributed by atoms with E-state index in [9.17, 15) is 0 Å². The van der Waals surface area contributed by atoms with E-state index in [1.807, 2.05) is 0 Å². The molecule has 0 aromatic rings. The Bertz CT molecular complexity index is 142. The molecule has 56 valence electrons. The molecule has 2 heteroatoms. The molecule has 1 fully saturated rings. The van der Waals surface area contributed by atoms with E-state index in [-0.39, 0.29) is 0 Å². The highest BCUT2D eigenvalue weighted by molar-refractivity contribution is 4.91. The predicted octanol–water partition coefficient (Wildman–Crippen LogP) is 1.43. The Morgan fingerprint density at radius 2 is 2.30 bits per heavy atom. The standard InChI is InChI=1S/C8H14N2/c1-8(4-2-5-8)10-7-3-6-9/h10H,2-5,7H2,1H3. The fraction of sp³-hybridized carbons (Fsp3) is 0.875. The van der Waals surface area contributed by atoms with Crippen LogP contribution in [0, 0.1) is 11.3 Å². The van der Waals surface area contributed by atoms with Gasteiger partial charge < -0.3 is 5.32 Å². The zero-order valence-corrected chi connectivity index (χ0v) is 6.48. The SMILES string of the molecule is CC1(NCCC#N)CCC1. The summed E-state index contributed by atoms with van der Waals surface area (Å²) in [6.07, 6.45) is 4.53. The Labute approximate surface area is 62.2 Å². The van der Waals surface area contributed by atoms with Crippen molar-refractivity contribution < 1.29 is 0 Å². The smallest absolute Gasteiger partial charge is 0.0635 e. The fourth-order valence-corrected chi connectivity index (χ4v) is 1.30. The minimum Gasteiger partial charge on any atom is -0.310 e. The maximum absolute atomic E-state index is 8.26. The quantitative estimate of drug-likeness (QED) is 0.599. The third-order valence-electron chi connectivity index (χ3n) is 2.25. The summed E-state index contributed by atoms with van der Waals surface area (Å²) >= 11 is 0. The molecule has 0 spiro atoms. The topological polar surface area (TPSA) is 35.8 Å². The number of nitriles is 1. The summed E-state index contributed by atoms with van der Waals surface area (Å²) in [6.45, 7) is 3.08. The second kappa shape index (κ2) is 3.03. The van der Waals surface area contributed by atoms with Crippen LogP contribution in [0.15, 0.2) is 0 Å². The van der Waals surface area contributed by atoms with E-state index in [4.69, 9.17) is 5.26 Å². The first-order valence-electron chi connectivity index (χ1n) is 3.89. The maximum atomic E-state index is 8.26. The summed E-state index contributed by atoms with van der Waals surface area (Å²) in [5.74, 6) is 0. The highest BCUT2D eigenvalue weighted by Gasteiger charge is 2.30. The lowest BCUT2D eigenvalue weighted by Gasteiger charge is -2.39. The van der Waals surface area contributed by atoms with Gasteiger partial charge in [-0.3, -0.25) is 0 Å². The Kier molecular flexibility index (Phi) is 2.29. The molecule has 0 aromatic carbocycles. The maximum Gasteiger partial charge on any atom is 0.0635 e. The first kappa shape index (κ1) is 7.56. The van der Waals surface area contributed by atoms with Crippen molar-refractivity contribution in [3.05, 3.63) is 0 Å². The molecule has 0 aromatic heterocycles. The van der Waals surface area contributed by atoms with Crippen molar-refractivity contribution in [2.24, 2.45) is 0 Å². The van der Waals surface area contributed by atoms with Gasteiger partial charge in [-0.15, -0.1) is 0 Å². The first-order valence-corrected chi connectivity index (χ1v) is 3.89. The Morgan fingerprint density at radius 3 is 2.70 bits per heavy atom. The van der Waals surface area contributed by atoms with Gasteiger partial charge in [0.05, 0.1) is 6.07 Å². The van der Waals surface area contributed by atoms with E-state index in [1.54, 1.807) is 0 Å². The van der Waals surface area contributed by atoms with E-state index in [2.05, 4.69) is 18.3 Å². The van der Waals surface area contributed by atoms with Gasteiger partial charge in [0, 0.05) is 18.5 Å². The van der Waals surface area contributed by atoms with E-state index in [0.29, 0.717) is 12.0 Å². The zero-order chi connectivity index (χ0) is 7.45. The molecule has 1 aliphatic carbocycles. The monoisotopic (exact) mass is 138 g/mol. The molecular formula is C8H14N2. The van der Waals surface area contributed by atoms with Crippen LogP contribution >= 0.6 is 0 Å². The third kappa shape index (κ3) is 1.71. The van der Waals surface area contributed by atoms with Crippen molar-refractivity contribution in [2.75, 3.05) is 6.54 Å². The van der Waals surface area contributed by atoms with Crippen LogP contribution in [0.3, 0.4) is 0 Å². The molecule has 0 heterocycles. The number of rotatable bonds is 3. The van der Waals surface area contributed by atoms with Gasteiger partial charge in [-0.1, -0.05) is 0 Å². The molecule has 0 unspecified atom stereocenters. The molecule has 1 aliphatic rings. The van der Waals surface area contributed by atoms with Crippen molar-refractivity contribution in [3.63, 3.8) is 0 Å². The Hall–Kier alpha value is -0.550. The van der Waals surface area contributed by atoms with Crippen molar-refractivity contribution in [1.82, 2.24) is 5.32 Å². The van der Waals surface area contributed by atoms with Gasteiger partial charge in [-0.05, 0) is 26.2 Å². The van der Waals surface area contributed by atoms with Crippen LogP contribution in [0.5, 0.6) is 0 Å². The average molecular weight is 138 g/mol. The van der Waals surface area contributed by atoms with Crippen LogP contribution in [0.1, 0.15) is 32.6 Å². The minimum absolute atomic E-state index is 0.372. The molecule has 0 atom stereocenters. The van der Waals surface area contributed by atoms with Gasteiger partial charge in [0.15, 0.2) is 0 Å². The lowest BCUT2D eigenvalue weighted by atomic mass is 9.78. The highest BCUT2D eigenvalue weighted by atomic mass is 15.0. The van der Waals surface area contributed by atoms with Crippen LogP contribution in [-0.2, 0) is 0 Å². The lowest BCUT2D eigenvalue weighted by molar-refractivity contribution is 0.211. The third-order valence-corrected chi connectivity index (χ3v) is 2.25.